The molecule has 34 heavy (non-hydrogen) atoms. The molecule has 0 saturated carbocycles. The van der Waals surface area contributed by atoms with E-state index in [2.05, 4.69) is 4.57 Å². The molecule has 0 radical (unpaired) electrons. The zero-order valence-corrected chi connectivity index (χ0v) is 19.5. The van der Waals surface area contributed by atoms with Crippen LogP contribution in [0, 0.1) is 6.92 Å². The number of benzene rings is 3. The third-order valence-electron chi connectivity index (χ3n) is 5.51. The van der Waals surface area contributed by atoms with E-state index >= 15 is 0 Å². The first kappa shape index (κ1) is 23.1. The second kappa shape index (κ2) is 10.3. The molecule has 4 rings (SSSR count). The van der Waals surface area contributed by atoms with Crippen molar-refractivity contribution < 1.29 is 23.8 Å². The number of ether oxygens (including phenoxy) is 3. The predicted molar refractivity (Wildman–Crippen MR) is 131 cm³/mol. The Balaban J connectivity index is 1.83. The molecule has 174 valence electrons. The van der Waals surface area contributed by atoms with Crippen molar-refractivity contribution in [1.82, 2.24) is 4.57 Å². The highest BCUT2D eigenvalue weighted by Gasteiger charge is 2.22. The number of fused-ring (bicyclic) bond motifs is 1. The van der Waals surface area contributed by atoms with Crippen LogP contribution in [0.5, 0.6) is 11.5 Å². The second-order valence-electron chi connectivity index (χ2n) is 7.69. The molecular weight excluding hydrogens is 430 g/mol. The van der Waals surface area contributed by atoms with Crippen molar-refractivity contribution >= 4 is 22.7 Å². The SMILES string of the molecule is CCOC(=O)COc1ccc2c(c1)c(C(=O)c1ccccc1)c(C)n2-c1ccc(OCC)cc1. The first-order chi connectivity index (χ1) is 16.5. The van der Waals surface area contributed by atoms with Gasteiger partial charge in [-0.15, -0.1) is 0 Å². The number of rotatable bonds is 9. The number of hydrogen-bond donors (Lipinski definition) is 0. The molecule has 1 aromatic heterocycles. The van der Waals surface area contributed by atoms with Crippen LogP contribution >= 0.6 is 0 Å². The lowest BCUT2D eigenvalue weighted by Gasteiger charge is -2.11. The Morgan fingerprint density at radius 2 is 1.53 bits per heavy atom. The zero-order chi connectivity index (χ0) is 24.1. The van der Waals surface area contributed by atoms with E-state index < -0.39 is 5.97 Å². The molecule has 4 aromatic rings. The summed E-state index contributed by atoms with van der Waals surface area (Å²) in [5.41, 5.74) is 3.80. The molecule has 0 amide bonds. The highest BCUT2D eigenvalue weighted by Crippen LogP contribution is 2.34. The fourth-order valence-electron chi connectivity index (χ4n) is 4.04. The van der Waals surface area contributed by atoms with E-state index in [9.17, 15) is 9.59 Å². The molecule has 3 aromatic carbocycles. The Morgan fingerprint density at radius 3 is 2.21 bits per heavy atom. The summed E-state index contributed by atoms with van der Waals surface area (Å²) in [5, 5.41) is 0.751. The van der Waals surface area contributed by atoms with Gasteiger partial charge in [0.15, 0.2) is 12.4 Å². The number of nitrogens with zero attached hydrogens (tertiary/aromatic N) is 1. The summed E-state index contributed by atoms with van der Waals surface area (Å²) < 4.78 is 18.2. The molecule has 6 heteroatoms. The number of hydrogen-bond acceptors (Lipinski definition) is 5. The summed E-state index contributed by atoms with van der Waals surface area (Å²) in [6.45, 7) is 6.32. The van der Waals surface area contributed by atoms with E-state index in [0.717, 1.165) is 28.0 Å². The summed E-state index contributed by atoms with van der Waals surface area (Å²) in [4.78, 5) is 25.3. The van der Waals surface area contributed by atoms with Gasteiger partial charge in [-0.25, -0.2) is 4.79 Å². The van der Waals surface area contributed by atoms with Gasteiger partial charge in [-0.2, -0.15) is 0 Å². The maximum absolute atomic E-state index is 13.6. The Labute approximate surface area is 198 Å². The summed E-state index contributed by atoms with van der Waals surface area (Å²) in [5.74, 6) is 0.767. The lowest BCUT2D eigenvalue weighted by Crippen LogP contribution is -2.14. The van der Waals surface area contributed by atoms with E-state index in [1.54, 1.807) is 13.0 Å². The van der Waals surface area contributed by atoms with Gasteiger partial charge >= 0.3 is 5.97 Å². The first-order valence-electron chi connectivity index (χ1n) is 11.3. The fraction of sp³-hybridized carbons (Fsp3) is 0.214. The quantitative estimate of drug-likeness (QED) is 0.245. The standard InChI is InChI=1S/C28H27NO5/c1-4-32-22-13-11-21(12-14-22)29-19(3)27(28(31)20-9-7-6-8-10-20)24-17-23(15-16-25(24)29)34-18-26(30)33-5-2/h6-17H,4-5,18H2,1-3H3. The summed E-state index contributed by atoms with van der Waals surface area (Å²) in [6.07, 6.45) is 0. The molecule has 0 aliphatic carbocycles. The van der Waals surface area contributed by atoms with E-state index in [-0.39, 0.29) is 12.4 Å². The van der Waals surface area contributed by atoms with E-state index in [4.69, 9.17) is 14.2 Å². The van der Waals surface area contributed by atoms with Crippen molar-refractivity contribution in [2.45, 2.75) is 20.8 Å². The van der Waals surface area contributed by atoms with Crippen molar-refractivity contribution in [1.29, 1.82) is 0 Å². The molecule has 6 nitrogen and oxygen atoms in total. The third-order valence-corrected chi connectivity index (χ3v) is 5.51. The highest BCUT2D eigenvalue weighted by molar-refractivity contribution is 6.18. The molecule has 0 aliphatic heterocycles. The van der Waals surface area contributed by atoms with Gasteiger partial charge in [0.1, 0.15) is 11.5 Å². The number of aromatic nitrogens is 1. The average Bonchev–Trinajstić information content (AvgIpc) is 3.14. The normalized spacial score (nSPS) is 10.8. The Hall–Kier alpha value is -4.06. The minimum absolute atomic E-state index is 0.0738. The molecule has 0 fully saturated rings. The number of esters is 1. The van der Waals surface area contributed by atoms with Crippen LogP contribution < -0.4 is 9.47 Å². The van der Waals surface area contributed by atoms with Crippen LogP contribution in [-0.2, 0) is 9.53 Å². The van der Waals surface area contributed by atoms with Crippen LogP contribution in [-0.4, -0.2) is 36.1 Å². The molecule has 1 heterocycles. The maximum Gasteiger partial charge on any atom is 0.344 e. The Kier molecular flexibility index (Phi) is 6.97. The van der Waals surface area contributed by atoms with Crippen LogP contribution in [0.2, 0.25) is 0 Å². The van der Waals surface area contributed by atoms with Crippen molar-refractivity contribution in [3.05, 3.63) is 89.6 Å². The topological polar surface area (TPSA) is 66.8 Å². The zero-order valence-electron chi connectivity index (χ0n) is 19.5. The minimum Gasteiger partial charge on any atom is -0.494 e. The lowest BCUT2D eigenvalue weighted by atomic mass is 10.0. The van der Waals surface area contributed by atoms with Gasteiger partial charge in [0.05, 0.1) is 24.3 Å². The van der Waals surface area contributed by atoms with Gasteiger partial charge < -0.3 is 18.8 Å². The Morgan fingerprint density at radius 1 is 0.824 bits per heavy atom. The molecule has 0 unspecified atom stereocenters. The molecule has 0 N–H and O–H groups in total. The van der Waals surface area contributed by atoms with Gasteiger partial charge in [0.25, 0.3) is 0 Å². The summed E-state index contributed by atoms with van der Waals surface area (Å²) in [6, 6.07) is 22.5. The maximum atomic E-state index is 13.6. The lowest BCUT2D eigenvalue weighted by molar-refractivity contribution is -0.145. The fourth-order valence-corrected chi connectivity index (χ4v) is 4.04. The van der Waals surface area contributed by atoms with Gasteiger partial charge in [-0.1, -0.05) is 30.3 Å². The predicted octanol–water partition coefficient (Wildman–Crippen LogP) is 5.51. The van der Waals surface area contributed by atoms with Crippen molar-refractivity contribution in [3.63, 3.8) is 0 Å². The van der Waals surface area contributed by atoms with Crippen molar-refractivity contribution in [3.8, 4) is 17.2 Å². The number of carbonyl (C=O) groups is 2. The smallest absolute Gasteiger partial charge is 0.344 e. The number of ketones is 1. The van der Waals surface area contributed by atoms with Gasteiger partial charge in [0.2, 0.25) is 0 Å². The molecule has 0 aliphatic rings. The summed E-state index contributed by atoms with van der Waals surface area (Å²) >= 11 is 0. The van der Waals surface area contributed by atoms with E-state index in [1.807, 2.05) is 80.6 Å². The van der Waals surface area contributed by atoms with Crippen LogP contribution in [0.1, 0.15) is 35.5 Å². The van der Waals surface area contributed by atoms with Gasteiger partial charge in [-0.05, 0) is 63.2 Å². The molecule has 0 atom stereocenters. The second-order valence-corrected chi connectivity index (χ2v) is 7.69. The van der Waals surface area contributed by atoms with Gasteiger partial charge in [0, 0.05) is 22.3 Å². The number of carbonyl (C=O) groups excluding carboxylic acids is 2. The summed E-state index contributed by atoms with van der Waals surface area (Å²) in [7, 11) is 0. The molecule has 0 spiro atoms. The van der Waals surface area contributed by atoms with Crippen LogP contribution in [0.25, 0.3) is 16.6 Å². The molecule has 0 saturated heterocycles. The Bertz CT molecular complexity index is 1310. The van der Waals surface area contributed by atoms with Crippen LogP contribution in [0.3, 0.4) is 0 Å². The minimum atomic E-state index is -0.439. The highest BCUT2D eigenvalue weighted by atomic mass is 16.6. The largest absolute Gasteiger partial charge is 0.494 e. The van der Waals surface area contributed by atoms with E-state index in [1.165, 1.54) is 0 Å². The van der Waals surface area contributed by atoms with E-state index in [0.29, 0.717) is 30.1 Å². The van der Waals surface area contributed by atoms with Gasteiger partial charge in [-0.3, -0.25) is 4.79 Å². The third kappa shape index (κ3) is 4.66. The first-order valence-corrected chi connectivity index (χ1v) is 11.3. The monoisotopic (exact) mass is 457 g/mol. The van der Waals surface area contributed by atoms with Crippen molar-refractivity contribution in [2.24, 2.45) is 0 Å². The average molecular weight is 458 g/mol. The molecular formula is C28H27NO5. The van der Waals surface area contributed by atoms with Crippen LogP contribution in [0.4, 0.5) is 0 Å². The molecule has 0 bridgehead atoms. The van der Waals surface area contributed by atoms with Crippen molar-refractivity contribution in [2.75, 3.05) is 19.8 Å². The van der Waals surface area contributed by atoms with Crippen LogP contribution in [0.15, 0.2) is 72.8 Å².